The molecule has 5 heteroatoms. The van der Waals surface area contributed by atoms with Gasteiger partial charge in [0.1, 0.15) is 0 Å². The van der Waals surface area contributed by atoms with Crippen molar-refractivity contribution < 1.29 is 26.9 Å². The Morgan fingerprint density at radius 1 is 0.800 bits per heavy atom. The van der Waals surface area contributed by atoms with Gasteiger partial charge in [-0.2, -0.15) is 0 Å². The van der Waals surface area contributed by atoms with Crippen LogP contribution in [0.15, 0.2) is 0 Å². The summed E-state index contributed by atoms with van der Waals surface area (Å²) in [6.45, 7) is 0. The Labute approximate surface area is 46.4 Å². The van der Waals surface area contributed by atoms with Crippen molar-refractivity contribution in [2.75, 3.05) is 0 Å². The van der Waals surface area contributed by atoms with Crippen LogP contribution < -0.4 is 9.79 Å². The van der Waals surface area contributed by atoms with Crippen molar-refractivity contribution in [3.8, 4) is 0 Å². The van der Waals surface area contributed by atoms with E-state index in [4.69, 9.17) is 9.79 Å². The number of rotatable bonds is 0. The van der Waals surface area contributed by atoms with Gasteiger partial charge < -0.3 is 9.79 Å². The number of hydrogen-bond acceptors (Lipinski definition) is 2. The zero-order valence-corrected chi connectivity index (χ0v) is 5.84. The summed E-state index contributed by atoms with van der Waals surface area (Å²) in [6.07, 6.45) is 0. The zero-order chi connectivity index (χ0) is 4.00. The van der Waals surface area contributed by atoms with E-state index >= 15 is 0 Å². The van der Waals surface area contributed by atoms with Gasteiger partial charge in [0.2, 0.25) is 0 Å². The van der Waals surface area contributed by atoms with Crippen molar-refractivity contribution >= 4 is 18.9 Å². The minimum absolute atomic E-state index is 0. The molecule has 2 unspecified atom stereocenters. The van der Waals surface area contributed by atoms with Gasteiger partial charge in [-0.3, -0.25) is 0 Å². The van der Waals surface area contributed by atoms with E-state index in [0.29, 0.717) is 0 Å². The van der Waals surface area contributed by atoms with Crippen LogP contribution in [-0.4, -0.2) is 0 Å². The molecular formula is H4MnO2P2. The standard InChI is InChI=1S/Mn.2H2OP/c;2*1-2/h;2*2H2/q+2;2*-1. The van der Waals surface area contributed by atoms with Gasteiger partial charge in [-0.1, -0.05) is 0 Å². The molecule has 0 saturated heterocycles. The van der Waals surface area contributed by atoms with Crippen molar-refractivity contribution in [2.24, 2.45) is 0 Å². The van der Waals surface area contributed by atoms with Gasteiger partial charge in [0.05, 0.1) is 0 Å². The summed E-state index contributed by atoms with van der Waals surface area (Å²) in [4.78, 5) is 16.3. The molecule has 2 nitrogen and oxygen atoms in total. The SMILES string of the molecule is [Mn+2].[O-]P.[O-]P. The van der Waals surface area contributed by atoms with Gasteiger partial charge in [0.25, 0.3) is 0 Å². The first kappa shape index (κ1) is 16.3. The average molecular weight is 153 g/mol. The Hall–Kier alpha value is 1.30. The minimum Gasteiger partial charge on any atom is -0.834 e. The largest absolute Gasteiger partial charge is 2.00 e. The van der Waals surface area contributed by atoms with Crippen LogP contribution in [0.4, 0.5) is 0 Å². The summed E-state index contributed by atoms with van der Waals surface area (Å²) in [5, 5.41) is 0. The second-order valence-corrected chi connectivity index (χ2v) is 0. The summed E-state index contributed by atoms with van der Waals surface area (Å²) >= 11 is 0. The fraction of sp³-hybridized carbons (Fsp3) is 0. The van der Waals surface area contributed by atoms with Crippen LogP contribution in [0.25, 0.3) is 0 Å². The molecule has 0 aromatic carbocycles. The van der Waals surface area contributed by atoms with E-state index in [0.717, 1.165) is 0 Å². The van der Waals surface area contributed by atoms with Crippen LogP contribution in [0, 0.1) is 0 Å². The van der Waals surface area contributed by atoms with Crippen LogP contribution in [0.3, 0.4) is 0 Å². The molecule has 0 rings (SSSR count). The molecular weight excluding hydrogens is 149 g/mol. The van der Waals surface area contributed by atoms with E-state index in [1.807, 2.05) is 0 Å². The van der Waals surface area contributed by atoms with E-state index in [-0.39, 0.29) is 17.1 Å². The van der Waals surface area contributed by atoms with Crippen LogP contribution >= 0.6 is 18.9 Å². The Bertz CT molecular complexity index is 7.61. The summed E-state index contributed by atoms with van der Waals surface area (Å²) in [5.74, 6) is 0. The van der Waals surface area contributed by atoms with Gasteiger partial charge in [-0.15, -0.1) is 0 Å². The summed E-state index contributed by atoms with van der Waals surface area (Å²) < 4.78 is 0. The third-order valence-corrected chi connectivity index (χ3v) is 0. The molecule has 33 valence electrons. The second-order valence-electron chi connectivity index (χ2n) is 0. The van der Waals surface area contributed by atoms with E-state index in [1.165, 1.54) is 18.9 Å². The second kappa shape index (κ2) is 58.0. The van der Waals surface area contributed by atoms with Crippen molar-refractivity contribution in [2.45, 2.75) is 0 Å². The molecule has 0 bridgehead atoms. The molecule has 0 fully saturated rings. The first-order valence-electron chi connectivity index (χ1n) is 0.471. The maximum Gasteiger partial charge on any atom is 2.00 e. The first-order valence-corrected chi connectivity index (χ1v) is 1.41. The Morgan fingerprint density at radius 2 is 0.800 bits per heavy atom. The Kier molecular flexibility index (Phi) is 189. The molecule has 2 atom stereocenters. The van der Waals surface area contributed by atoms with Crippen molar-refractivity contribution in [1.82, 2.24) is 0 Å². The van der Waals surface area contributed by atoms with E-state index in [9.17, 15) is 0 Å². The van der Waals surface area contributed by atoms with Crippen molar-refractivity contribution in [3.05, 3.63) is 0 Å². The van der Waals surface area contributed by atoms with Gasteiger partial charge in [0.15, 0.2) is 0 Å². The molecule has 5 heavy (non-hydrogen) atoms. The van der Waals surface area contributed by atoms with Crippen LogP contribution in [-0.2, 0) is 17.1 Å². The molecule has 0 aromatic rings. The molecule has 0 aliphatic heterocycles. The monoisotopic (exact) mass is 153 g/mol. The van der Waals surface area contributed by atoms with Crippen molar-refractivity contribution in [3.63, 3.8) is 0 Å². The smallest absolute Gasteiger partial charge is 0.834 e. The van der Waals surface area contributed by atoms with Crippen molar-refractivity contribution in [1.29, 1.82) is 0 Å². The Morgan fingerprint density at radius 3 is 0.800 bits per heavy atom. The van der Waals surface area contributed by atoms with Gasteiger partial charge in [-0.25, -0.2) is 18.9 Å². The fourth-order valence-electron chi connectivity index (χ4n) is 0. The zero-order valence-electron chi connectivity index (χ0n) is 2.35. The molecule has 0 aliphatic carbocycles. The van der Waals surface area contributed by atoms with E-state index in [1.54, 1.807) is 0 Å². The quantitative estimate of drug-likeness (QED) is 0.306. The Balaban J connectivity index is -0.0000000133. The molecule has 0 aromatic heterocycles. The number of hydrogen-bond donors (Lipinski definition) is 0. The average Bonchev–Trinajstić information content (AvgIpc) is 1.50. The maximum absolute atomic E-state index is 8.17. The molecule has 0 saturated carbocycles. The molecule has 0 aliphatic rings. The molecule has 0 N–H and O–H groups in total. The molecule has 0 heterocycles. The summed E-state index contributed by atoms with van der Waals surface area (Å²) in [7, 11) is 2.33. The predicted octanol–water partition coefficient (Wildman–Crippen LogP) is -1.73. The topological polar surface area (TPSA) is 46.1 Å². The summed E-state index contributed by atoms with van der Waals surface area (Å²) in [6, 6.07) is 0. The molecule has 0 amide bonds. The van der Waals surface area contributed by atoms with E-state index < -0.39 is 0 Å². The normalized spacial score (nSPS) is 2.40. The minimum atomic E-state index is 0. The van der Waals surface area contributed by atoms with Gasteiger partial charge >= 0.3 is 17.1 Å². The summed E-state index contributed by atoms with van der Waals surface area (Å²) in [5.41, 5.74) is 0. The van der Waals surface area contributed by atoms with Crippen LogP contribution in [0.1, 0.15) is 0 Å². The fourth-order valence-corrected chi connectivity index (χ4v) is 0. The van der Waals surface area contributed by atoms with Crippen LogP contribution in [0.2, 0.25) is 0 Å². The predicted molar refractivity (Wildman–Crippen MR) is 19.4 cm³/mol. The van der Waals surface area contributed by atoms with E-state index in [2.05, 4.69) is 0 Å². The molecule has 1 radical (unpaired) electrons. The molecule has 0 spiro atoms. The third-order valence-electron chi connectivity index (χ3n) is 0. The maximum atomic E-state index is 8.17. The first-order chi connectivity index (χ1) is 2.00. The van der Waals surface area contributed by atoms with Gasteiger partial charge in [-0.05, 0) is 0 Å². The third kappa shape index (κ3) is 34.2. The van der Waals surface area contributed by atoms with Crippen LogP contribution in [0.5, 0.6) is 0 Å². The van der Waals surface area contributed by atoms with Gasteiger partial charge in [0, 0.05) is 0 Å².